The second kappa shape index (κ2) is 23.6. The molecule has 2 saturated carbocycles. The molecule has 0 spiro atoms. The number of nitrogens with zero attached hydrogens (tertiary/aromatic N) is 2. The van der Waals surface area contributed by atoms with Crippen LogP contribution in [0, 0.1) is 45.8 Å². The minimum atomic E-state index is -0.126. The second-order valence-electron chi connectivity index (χ2n) is 16.4. The van der Waals surface area contributed by atoms with Crippen LogP contribution in [-0.4, -0.2) is 6.21 Å². The first-order chi connectivity index (χ1) is 25.0. The lowest BCUT2D eigenvalue weighted by molar-refractivity contribution is 0.111. The van der Waals surface area contributed by atoms with Crippen LogP contribution in [0.15, 0.2) is 99.5 Å². The minimum Gasteiger partial charge on any atom is -0.257 e. The molecule has 0 saturated heterocycles. The van der Waals surface area contributed by atoms with E-state index in [2.05, 4.69) is 144 Å². The summed E-state index contributed by atoms with van der Waals surface area (Å²) in [5, 5.41) is 8.99. The summed E-state index contributed by atoms with van der Waals surface area (Å²) in [5.41, 5.74) is 10.7. The largest absolute Gasteiger partial charge is 0.257 e. The van der Waals surface area contributed by atoms with E-state index in [-0.39, 0.29) is 5.41 Å². The Bertz CT molecular complexity index is 1570. The quantitative estimate of drug-likeness (QED) is 0.0827. The fourth-order valence-electron chi connectivity index (χ4n) is 7.66. The lowest BCUT2D eigenvalue weighted by Gasteiger charge is -2.48. The summed E-state index contributed by atoms with van der Waals surface area (Å²) in [6.07, 6.45) is 26.0. The zero-order valence-corrected chi connectivity index (χ0v) is 37.3. The van der Waals surface area contributed by atoms with Crippen LogP contribution in [-0.2, 0) is 6.42 Å². The van der Waals surface area contributed by atoms with Crippen molar-refractivity contribution in [2.75, 3.05) is 0 Å². The highest BCUT2D eigenvalue weighted by Crippen LogP contribution is 2.64. The highest BCUT2D eigenvalue weighted by molar-refractivity contribution is 7.84. The predicted molar refractivity (Wildman–Crippen MR) is 242 cm³/mol. The van der Waals surface area contributed by atoms with Crippen LogP contribution in [0.3, 0.4) is 0 Å². The summed E-state index contributed by atoms with van der Waals surface area (Å²) in [6, 6.07) is 8.78. The van der Waals surface area contributed by atoms with Gasteiger partial charge in [0, 0.05) is 12.3 Å². The molecule has 2 aliphatic rings. The Morgan fingerprint density at radius 1 is 1.11 bits per heavy atom. The molecule has 2 nitrogen and oxygen atoms in total. The molecule has 1 aromatic carbocycles. The third-order valence-electron chi connectivity index (χ3n) is 11.1. The van der Waals surface area contributed by atoms with Gasteiger partial charge >= 0.3 is 0 Å². The number of nitriles is 1. The van der Waals surface area contributed by atoms with E-state index in [0.717, 1.165) is 48.1 Å². The molecule has 0 N–H and O–H groups in total. The van der Waals surface area contributed by atoms with Crippen LogP contribution in [0.25, 0.3) is 5.57 Å². The van der Waals surface area contributed by atoms with Gasteiger partial charge in [-0.15, -0.1) is 12.6 Å². The number of aliphatic imine (C=N–C) groups is 1. The molecule has 0 bridgehead atoms. The maximum Gasteiger partial charge on any atom is 0.0908 e. The van der Waals surface area contributed by atoms with Gasteiger partial charge in [-0.05, 0) is 151 Å². The van der Waals surface area contributed by atoms with Crippen molar-refractivity contribution in [2.45, 2.75) is 148 Å². The van der Waals surface area contributed by atoms with Gasteiger partial charge in [-0.2, -0.15) is 5.26 Å². The lowest BCUT2D eigenvalue weighted by atomic mass is 9.56. The maximum absolute atomic E-state index is 8.99. The average molecular weight is 737 g/mol. The molecule has 3 unspecified atom stereocenters. The van der Waals surface area contributed by atoms with Gasteiger partial charge in [0.1, 0.15) is 0 Å². The zero-order valence-electron chi connectivity index (χ0n) is 36.4. The van der Waals surface area contributed by atoms with E-state index in [1.165, 1.54) is 59.1 Å². The molecule has 2 fully saturated rings. The number of hydrogen-bond donors (Lipinski definition) is 1. The molecule has 0 heterocycles. The van der Waals surface area contributed by atoms with E-state index >= 15 is 0 Å². The first-order valence-electron chi connectivity index (χ1n) is 20.6. The molecule has 292 valence electrons. The monoisotopic (exact) mass is 737 g/mol. The van der Waals surface area contributed by atoms with Gasteiger partial charge in [0.2, 0.25) is 0 Å². The number of rotatable bonds is 15. The highest BCUT2D eigenvalue weighted by Gasteiger charge is 2.54. The van der Waals surface area contributed by atoms with Crippen molar-refractivity contribution >= 4 is 30.1 Å². The lowest BCUT2D eigenvalue weighted by Crippen LogP contribution is -2.38. The van der Waals surface area contributed by atoms with Crippen molar-refractivity contribution < 1.29 is 0 Å². The van der Waals surface area contributed by atoms with Crippen LogP contribution in [0.5, 0.6) is 0 Å². The molecule has 0 aliphatic heterocycles. The number of allylic oxidation sites excluding steroid dienone is 13. The standard InChI is InChI=1S/C35H48N2S.C13H22.C2H6/c1-8-12-29-22-28(31(26(5)38)24-34(6,7)17-11-19-36)13-14-33(29)37-20-16-27(9-2)32(10-3)35-18-15-30(35)21-25(4)23-35;1-10(2)12(5)8-7-9-13(6)11(3)4;1-2/h10-11,13-14,16-17,20,22,25,30,38H,8-9,12,15,18,21,23-24H2,1-7H3;7-11H,5H2,1-4,6H3;1-2H3/b17-11?,27-16-,31-26-,32-10+,37-20?;8-7-,13-9+;. The molecular formula is C50H76N2S. The van der Waals surface area contributed by atoms with Crippen LogP contribution in [0.2, 0.25) is 0 Å². The van der Waals surface area contributed by atoms with Gasteiger partial charge in [0.25, 0.3) is 0 Å². The van der Waals surface area contributed by atoms with E-state index in [4.69, 9.17) is 22.9 Å². The number of aryl methyl sites for hydroxylation is 1. The van der Waals surface area contributed by atoms with E-state index in [1.807, 2.05) is 26.1 Å². The Labute approximate surface area is 333 Å². The Hall–Kier alpha value is -3.09. The van der Waals surface area contributed by atoms with Crippen molar-refractivity contribution in [2.24, 2.45) is 39.5 Å². The Morgan fingerprint density at radius 2 is 1.79 bits per heavy atom. The Morgan fingerprint density at radius 3 is 2.28 bits per heavy atom. The van der Waals surface area contributed by atoms with Crippen LogP contribution >= 0.6 is 12.6 Å². The molecule has 53 heavy (non-hydrogen) atoms. The Balaban J connectivity index is 0.000000791. The van der Waals surface area contributed by atoms with Crippen LogP contribution in [0.4, 0.5) is 5.69 Å². The molecular weight excluding hydrogens is 661 g/mol. The number of hydrogen-bond acceptors (Lipinski definition) is 3. The summed E-state index contributed by atoms with van der Waals surface area (Å²) >= 11 is 4.75. The average Bonchev–Trinajstić information content (AvgIpc) is 3.34. The molecule has 0 radical (unpaired) electrons. The van der Waals surface area contributed by atoms with Crippen molar-refractivity contribution in [3.63, 3.8) is 0 Å². The van der Waals surface area contributed by atoms with Crippen LogP contribution < -0.4 is 0 Å². The fraction of sp³-hybridized carbons (Fsp3) is 0.560. The summed E-state index contributed by atoms with van der Waals surface area (Å²) < 4.78 is 0. The van der Waals surface area contributed by atoms with Gasteiger partial charge in [-0.3, -0.25) is 4.99 Å². The van der Waals surface area contributed by atoms with Gasteiger partial charge in [0.15, 0.2) is 0 Å². The zero-order chi connectivity index (χ0) is 40.4. The van der Waals surface area contributed by atoms with Gasteiger partial charge in [-0.1, -0.05) is 137 Å². The molecule has 0 aromatic heterocycles. The third kappa shape index (κ3) is 14.6. The summed E-state index contributed by atoms with van der Waals surface area (Å²) in [6.45, 7) is 34.4. The van der Waals surface area contributed by atoms with E-state index in [0.29, 0.717) is 17.3 Å². The first-order valence-corrected chi connectivity index (χ1v) is 21.0. The normalized spacial score (nSPS) is 21.2. The topological polar surface area (TPSA) is 36.1 Å². The molecule has 3 atom stereocenters. The molecule has 3 rings (SSSR count). The van der Waals surface area contributed by atoms with Crippen molar-refractivity contribution in [1.82, 2.24) is 0 Å². The molecule has 3 heteroatoms. The summed E-state index contributed by atoms with van der Waals surface area (Å²) in [5.74, 6) is 2.89. The number of fused-ring (bicyclic) bond motifs is 1. The second-order valence-corrected chi connectivity index (χ2v) is 17.1. The first kappa shape index (κ1) is 47.9. The van der Waals surface area contributed by atoms with Gasteiger partial charge in [-0.25, -0.2) is 0 Å². The number of benzene rings is 1. The highest BCUT2D eigenvalue weighted by atomic mass is 32.1. The molecule has 0 amide bonds. The summed E-state index contributed by atoms with van der Waals surface area (Å²) in [7, 11) is 0. The maximum atomic E-state index is 8.99. The Kier molecular flexibility index (Phi) is 21.4. The van der Waals surface area contributed by atoms with Gasteiger partial charge < -0.3 is 0 Å². The van der Waals surface area contributed by atoms with Crippen molar-refractivity contribution in [3.05, 3.63) is 106 Å². The minimum absolute atomic E-state index is 0.126. The molecule has 2 aliphatic carbocycles. The van der Waals surface area contributed by atoms with Gasteiger partial charge in [0.05, 0.1) is 11.8 Å². The predicted octanol–water partition coefficient (Wildman–Crippen LogP) is 16.0. The summed E-state index contributed by atoms with van der Waals surface area (Å²) in [4.78, 5) is 6.00. The van der Waals surface area contributed by atoms with Crippen LogP contribution in [0.1, 0.15) is 153 Å². The smallest absolute Gasteiger partial charge is 0.0908 e. The van der Waals surface area contributed by atoms with E-state index in [1.54, 1.807) is 11.6 Å². The van der Waals surface area contributed by atoms with Crippen molar-refractivity contribution in [1.29, 1.82) is 5.26 Å². The third-order valence-corrected chi connectivity index (χ3v) is 11.4. The fourth-order valence-corrected chi connectivity index (χ4v) is 7.86. The molecule has 1 aromatic rings. The number of thiol groups is 1. The van der Waals surface area contributed by atoms with E-state index in [9.17, 15) is 0 Å². The van der Waals surface area contributed by atoms with E-state index < -0.39 is 0 Å². The van der Waals surface area contributed by atoms with Crippen molar-refractivity contribution in [3.8, 4) is 6.07 Å². The SMILES string of the molecule is C/C=C(\C(=C/C=Nc1ccc(/C(CC(C)(C)C=CC#N)=C(/C)S)cc1CCC)CC)C12CCC1CC(C)C2.C=C(/C=C\C=C(/C)C(C)C)C(C)C.CC.